The van der Waals surface area contributed by atoms with Crippen LogP contribution in [-0.2, 0) is 19.6 Å². The highest BCUT2D eigenvalue weighted by atomic mass is 32.2. The summed E-state index contributed by atoms with van der Waals surface area (Å²) in [5.41, 5.74) is 0. The summed E-state index contributed by atoms with van der Waals surface area (Å²) in [5.74, 6) is 1.39. The molecule has 0 aliphatic carbocycles. The van der Waals surface area contributed by atoms with Gasteiger partial charge in [0.25, 0.3) is 0 Å². The van der Waals surface area contributed by atoms with Crippen LogP contribution >= 0.6 is 0 Å². The molecular formula is C18H28N6O4S. The fourth-order valence-corrected chi connectivity index (χ4v) is 4.96. The van der Waals surface area contributed by atoms with Crippen molar-refractivity contribution in [1.82, 2.24) is 19.2 Å². The molecule has 0 radical (unpaired) electrons. The second-order valence-electron chi connectivity index (χ2n) is 7.18. The average Bonchev–Trinajstić information content (AvgIpc) is 2.67. The number of imide groups is 1. The van der Waals surface area contributed by atoms with Crippen molar-refractivity contribution in [3.8, 4) is 0 Å². The van der Waals surface area contributed by atoms with E-state index in [2.05, 4.69) is 15.3 Å². The molecule has 0 spiro atoms. The van der Waals surface area contributed by atoms with Gasteiger partial charge in [-0.25, -0.2) is 18.4 Å². The van der Waals surface area contributed by atoms with E-state index in [4.69, 9.17) is 0 Å². The number of rotatable bonds is 7. The lowest BCUT2D eigenvalue weighted by Gasteiger charge is -2.35. The minimum Gasteiger partial charge on any atom is -0.370 e. The number of carbonyl (C=O) groups excluding carboxylic acids is 2. The summed E-state index contributed by atoms with van der Waals surface area (Å²) >= 11 is 0. The molecule has 2 fully saturated rings. The number of piperidine rings is 1. The molecule has 29 heavy (non-hydrogen) atoms. The first-order chi connectivity index (χ1) is 13.8. The van der Waals surface area contributed by atoms with Gasteiger partial charge in [-0.05, 0) is 20.3 Å². The van der Waals surface area contributed by atoms with Gasteiger partial charge in [0.15, 0.2) is 0 Å². The lowest BCUT2D eigenvalue weighted by atomic mass is 10.1. The molecule has 11 heteroatoms. The topological polar surface area (TPSA) is 116 Å². The lowest BCUT2D eigenvalue weighted by molar-refractivity contribution is -0.147. The van der Waals surface area contributed by atoms with Crippen LogP contribution in [0, 0.1) is 6.92 Å². The molecule has 2 saturated heterocycles. The van der Waals surface area contributed by atoms with Gasteiger partial charge in [-0.2, -0.15) is 4.31 Å². The second kappa shape index (κ2) is 9.04. The largest absolute Gasteiger partial charge is 0.370 e. The quantitative estimate of drug-likeness (QED) is 0.618. The summed E-state index contributed by atoms with van der Waals surface area (Å²) < 4.78 is 26.8. The van der Waals surface area contributed by atoms with Crippen molar-refractivity contribution in [3.63, 3.8) is 0 Å². The second-order valence-corrected chi connectivity index (χ2v) is 9.27. The molecule has 3 rings (SSSR count). The molecule has 10 nitrogen and oxygen atoms in total. The Balaban J connectivity index is 1.58. The summed E-state index contributed by atoms with van der Waals surface area (Å²) in [6.07, 6.45) is 1.15. The fourth-order valence-electron chi connectivity index (χ4n) is 3.57. The van der Waals surface area contributed by atoms with Crippen LogP contribution in [0.3, 0.4) is 0 Å². The predicted octanol–water partition coefficient (Wildman–Crippen LogP) is 0.208. The van der Waals surface area contributed by atoms with Crippen LogP contribution in [0.25, 0.3) is 0 Å². The lowest BCUT2D eigenvalue weighted by Crippen LogP contribution is -2.51. The third-order valence-electron chi connectivity index (χ3n) is 5.09. The van der Waals surface area contributed by atoms with Gasteiger partial charge in [0.2, 0.25) is 21.8 Å². The Morgan fingerprint density at radius 2 is 1.72 bits per heavy atom. The summed E-state index contributed by atoms with van der Waals surface area (Å²) in [6, 6.07) is 1.87. The van der Waals surface area contributed by atoms with Gasteiger partial charge in [-0.3, -0.25) is 14.5 Å². The van der Waals surface area contributed by atoms with Crippen LogP contribution in [0.4, 0.5) is 11.6 Å². The van der Waals surface area contributed by atoms with Gasteiger partial charge >= 0.3 is 0 Å². The summed E-state index contributed by atoms with van der Waals surface area (Å²) in [5, 5.41) is 3.17. The molecular weight excluding hydrogens is 396 g/mol. The smallest absolute Gasteiger partial charge is 0.229 e. The van der Waals surface area contributed by atoms with Crippen molar-refractivity contribution in [2.75, 3.05) is 55.2 Å². The summed E-state index contributed by atoms with van der Waals surface area (Å²) in [7, 11) is -3.54. The van der Waals surface area contributed by atoms with Crippen molar-refractivity contribution in [2.45, 2.75) is 33.1 Å². The van der Waals surface area contributed by atoms with E-state index in [1.165, 1.54) is 4.31 Å². The van der Waals surface area contributed by atoms with Crippen LogP contribution < -0.4 is 10.2 Å². The Hall–Kier alpha value is -2.27. The van der Waals surface area contributed by atoms with Crippen LogP contribution in [0.15, 0.2) is 6.07 Å². The Morgan fingerprint density at radius 3 is 2.34 bits per heavy atom. The first kappa shape index (κ1) is 21.4. The third kappa shape index (κ3) is 5.21. The number of carbonyl (C=O) groups is 2. The molecule has 3 heterocycles. The van der Waals surface area contributed by atoms with Gasteiger partial charge in [-0.15, -0.1) is 0 Å². The minimum absolute atomic E-state index is 0.0721. The molecule has 0 bridgehead atoms. The molecule has 160 valence electrons. The van der Waals surface area contributed by atoms with Gasteiger partial charge in [-0.1, -0.05) is 0 Å². The van der Waals surface area contributed by atoms with Gasteiger partial charge < -0.3 is 10.2 Å². The number of likely N-dealkylation sites (tertiary alicyclic amines) is 1. The number of hydrogen-bond donors (Lipinski definition) is 1. The summed E-state index contributed by atoms with van der Waals surface area (Å²) in [4.78, 5) is 35.7. The van der Waals surface area contributed by atoms with Gasteiger partial charge in [0.1, 0.15) is 17.5 Å². The van der Waals surface area contributed by atoms with E-state index in [0.29, 0.717) is 51.3 Å². The number of hydrogen-bond acceptors (Lipinski definition) is 8. The zero-order valence-electron chi connectivity index (χ0n) is 16.9. The van der Waals surface area contributed by atoms with Gasteiger partial charge in [0.05, 0.1) is 5.75 Å². The Morgan fingerprint density at radius 1 is 1.07 bits per heavy atom. The predicted molar refractivity (Wildman–Crippen MR) is 109 cm³/mol. The van der Waals surface area contributed by atoms with E-state index in [1.54, 1.807) is 0 Å². The molecule has 0 saturated carbocycles. The van der Waals surface area contributed by atoms with E-state index in [9.17, 15) is 18.0 Å². The first-order valence-corrected chi connectivity index (χ1v) is 11.6. The Bertz CT molecular complexity index is 851. The van der Waals surface area contributed by atoms with E-state index in [1.807, 2.05) is 24.8 Å². The zero-order valence-corrected chi connectivity index (χ0v) is 17.7. The maximum Gasteiger partial charge on any atom is 0.229 e. The number of aryl methyl sites for hydroxylation is 1. The molecule has 1 N–H and O–H groups in total. The number of piperazine rings is 1. The van der Waals surface area contributed by atoms with Crippen LogP contribution in [0.5, 0.6) is 0 Å². The van der Waals surface area contributed by atoms with Crippen molar-refractivity contribution < 1.29 is 18.0 Å². The highest BCUT2D eigenvalue weighted by Gasteiger charge is 2.31. The van der Waals surface area contributed by atoms with E-state index >= 15 is 0 Å². The monoisotopic (exact) mass is 424 g/mol. The molecule has 2 aliphatic rings. The first-order valence-electron chi connectivity index (χ1n) is 9.95. The number of aromatic nitrogens is 2. The number of nitrogens with one attached hydrogen (secondary N) is 1. The molecule has 0 unspecified atom stereocenters. The van der Waals surface area contributed by atoms with Crippen molar-refractivity contribution in [2.24, 2.45) is 0 Å². The van der Waals surface area contributed by atoms with Crippen LogP contribution in [0.1, 0.15) is 32.0 Å². The highest BCUT2D eigenvalue weighted by molar-refractivity contribution is 7.89. The standard InChI is InChI=1S/C18H28N6O4S/c1-3-19-15-13-16(21-14(2)20-15)22-7-9-23(10-8-22)29(27,28)12-11-24-17(25)5-4-6-18(24)26/h13H,3-12H2,1-2H3,(H,19,20,21). The molecule has 1 aromatic heterocycles. The third-order valence-corrected chi connectivity index (χ3v) is 6.95. The number of anilines is 2. The minimum atomic E-state index is -3.54. The Kier molecular flexibility index (Phi) is 6.68. The molecule has 0 atom stereocenters. The van der Waals surface area contributed by atoms with Crippen molar-refractivity contribution in [1.29, 1.82) is 0 Å². The fraction of sp³-hybridized carbons (Fsp3) is 0.667. The van der Waals surface area contributed by atoms with E-state index < -0.39 is 10.0 Å². The number of sulfonamides is 1. The van der Waals surface area contributed by atoms with Crippen LogP contribution in [0.2, 0.25) is 0 Å². The van der Waals surface area contributed by atoms with Crippen molar-refractivity contribution in [3.05, 3.63) is 11.9 Å². The SMILES string of the molecule is CCNc1cc(N2CCN(S(=O)(=O)CCN3C(=O)CCCC3=O)CC2)nc(C)n1. The van der Waals surface area contributed by atoms with Crippen LogP contribution in [-0.4, -0.2) is 84.4 Å². The molecule has 2 aliphatic heterocycles. The normalized spacial score (nSPS) is 19.0. The summed E-state index contributed by atoms with van der Waals surface area (Å²) in [6.45, 7) is 6.21. The molecule has 0 aromatic carbocycles. The van der Waals surface area contributed by atoms with Gasteiger partial charge in [0, 0.05) is 58.2 Å². The highest BCUT2D eigenvalue weighted by Crippen LogP contribution is 2.19. The number of nitrogens with zero attached hydrogens (tertiary/aromatic N) is 5. The molecule has 1 aromatic rings. The average molecular weight is 425 g/mol. The van der Waals surface area contributed by atoms with Crippen molar-refractivity contribution >= 4 is 33.5 Å². The Labute approximate surface area is 171 Å². The van der Waals surface area contributed by atoms with E-state index in [-0.39, 0.29) is 24.1 Å². The van der Waals surface area contributed by atoms with E-state index in [0.717, 1.165) is 23.1 Å². The maximum atomic E-state index is 12.7. The maximum absolute atomic E-state index is 12.7. The molecule has 2 amide bonds. The zero-order chi connectivity index (χ0) is 21.0. The number of amides is 2.